The van der Waals surface area contributed by atoms with Crippen LogP contribution in [0.2, 0.25) is 0 Å². The first-order valence-electron chi connectivity index (χ1n) is 10.0. The van der Waals surface area contributed by atoms with Crippen molar-refractivity contribution in [2.75, 3.05) is 20.6 Å². The minimum absolute atomic E-state index is 0.949. The SMILES string of the molecule is CCCCCCCCCCCC[N+](C)(C)Cc1ccc(CBr)cc1. The molecule has 0 N–H and O–H groups in total. The van der Waals surface area contributed by atoms with Crippen molar-refractivity contribution >= 4 is 15.9 Å². The number of quaternary nitrogens is 1. The molecule has 2 heteroatoms. The second kappa shape index (κ2) is 12.9. The van der Waals surface area contributed by atoms with Crippen LogP contribution in [-0.4, -0.2) is 25.1 Å². The van der Waals surface area contributed by atoms with E-state index in [1.807, 2.05) is 0 Å². The molecule has 0 aliphatic heterocycles. The van der Waals surface area contributed by atoms with Gasteiger partial charge in [0.25, 0.3) is 0 Å². The molecule has 1 nitrogen and oxygen atoms in total. The Kier molecular flexibility index (Phi) is 11.7. The summed E-state index contributed by atoms with van der Waals surface area (Å²) in [5.41, 5.74) is 2.82. The summed E-state index contributed by atoms with van der Waals surface area (Å²) in [5, 5.41) is 0.949. The molecule has 0 saturated heterocycles. The van der Waals surface area contributed by atoms with E-state index in [1.165, 1.54) is 81.9 Å². The second-order valence-corrected chi connectivity index (χ2v) is 8.51. The minimum Gasteiger partial charge on any atom is -0.325 e. The summed E-state index contributed by atoms with van der Waals surface area (Å²) in [6.07, 6.45) is 14.2. The van der Waals surface area contributed by atoms with E-state index in [1.54, 1.807) is 0 Å². The molecule has 0 saturated carbocycles. The highest BCUT2D eigenvalue weighted by atomic mass is 79.9. The average Bonchev–Trinajstić information content (AvgIpc) is 2.57. The van der Waals surface area contributed by atoms with Crippen LogP contribution in [-0.2, 0) is 11.9 Å². The normalized spacial score (nSPS) is 11.8. The highest BCUT2D eigenvalue weighted by Gasteiger charge is 2.15. The number of nitrogens with zero attached hydrogens (tertiary/aromatic N) is 1. The fourth-order valence-corrected chi connectivity index (χ4v) is 3.71. The largest absolute Gasteiger partial charge is 0.325 e. The summed E-state index contributed by atoms with van der Waals surface area (Å²) >= 11 is 3.51. The number of alkyl halides is 1. The van der Waals surface area contributed by atoms with E-state index < -0.39 is 0 Å². The molecular formula is C22H39BrN+. The van der Waals surface area contributed by atoms with Crippen molar-refractivity contribution in [1.82, 2.24) is 0 Å². The maximum Gasteiger partial charge on any atom is 0.104 e. The van der Waals surface area contributed by atoms with Crippen molar-refractivity contribution in [3.8, 4) is 0 Å². The predicted octanol–water partition coefficient (Wildman–Crippen LogP) is 7.08. The Morgan fingerprint density at radius 1 is 0.708 bits per heavy atom. The monoisotopic (exact) mass is 396 g/mol. The topological polar surface area (TPSA) is 0 Å². The van der Waals surface area contributed by atoms with E-state index in [0.717, 1.165) is 16.4 Å². The van der Waals surface area contributed by atoms with E-state index in [-0.39, 0.29) is 0 Å². The Labute approximate surface area is 159 Å². The summed E-state index contributed by atoms with van der Waals surface area (Å²) < 4.78 is 1.10. The third-order valence-corrected chi connectivity index (χ3v) is 5.55. The molecule has 0 spiro atoms. The number of unbranched alkanes of at least 4 members (excludes halogenated alkanes) is 9. The zero-order valence-electron chi connectivity index (χ0n) is 16.3. The lowest BCUT2D eigenvalue weighted by molar-refractivity contribution is -0.903. The van der Waals surface area contributed by atoms with E-state index in [0.29, 0.717) is 0 Å². The number of hydrogen-bond acceptors (Lipinski definition) is 0. The molecule has 1 aromatic rings. The van der Waals surface area contributed by atoms with Crippen molar-refractivity contribution in [1.29, 1.82) is 0 Å². The fourth-order valence-electron chi connectivity index (χ4n) is 3.33. The Hall–Kier alpha value is -0.340. The van der Waals surface area contributed by atoms with Gasteiger partial charge in [0, 0.05) is 10.9 Å². The van der Waals surface area contributed by atoms with Gasteiger partial charge >= 0.3 is 0 Å². The smallest absolute Gasteiger partial charge is 0.104 e. The van der Waals surface area contributed by atoms with Crippen LogP contribution in [0.1, 0.15) is 82.3 Å². The van der Waals surface area contributed by atoms with Gasteiger partial charge in [-0.15, -0.1) is 0 Å². The first-order valence-corrected chi connectivity index (χ1v) is 11.2. The zero-order valence-corrected chi connectivity index (χ0v) is 17.9. The minimum atomic E-state index is 0.949. The van der Waals surface area contributed by atoms with Gasteiger partial charge in [-0.3, -0.25) is 0 Å². The van der Waals surface area contributed by atoms with Crippen molar-refractivity contribution in [3.05, 3.63) is 35.4 Å². The summed E-state index contributed by atoms with van der Waals surface area (Å²) in [6, 6.07) is 9.06. The lowest BCUT2D eigenvalue weighted by Crippen LogP contribution is -2.39. The molecule has 0 heterocycles. The van der Waals surface area contributed by atoms with Gasteiger partial charge in [0.2, 0.25) is 0 Å². The van der Waals surface area contributed by atoms with Gasteiger partial charge in [0.15, 0.2) is 0 Å². The Balaban J connectivity index is 2.08. The maximum atomic E-state index is 3.51. The first-order chi connectivity index (χ1) is 11.6. The quantitative estimate of drug-likeness (QED) is 0.179. The van der Waals surface area contributed by atoms with Gasteiger partial charge < -0.3 is 4.48 Å². The zero-order chi connectivity index (χ0) is 17.7. The van der Waals surface area contributed by atoms with Crippen molar-refractivity contribution < 1.29 is 4.48 Å². The Bertz CT molecular complexity index is 410. The molecule has 0 fully saturated rings. The third kappa shape index (κ3) is 10.5. The Morgan fingerprint density at radius 2 is 1.17 bits per heavy atom. The van der Waals surface area contributed by atoms with Crippen LogP contribution in [0.3, 0.4) is 0 Å². The molecule has 0 aromatic heterocycles. The summed E-state index contributed by atoms with van der Waals surface area (Å²) in [7, 11) is 4.73. The van der Waals surface area contributed by atoms with Crippen LogP contribution in [0.25, 0.3) is 0 Å². The molecule has 24 heavy (non-hydrogen) atoms. The average molecular weight is 397 g/mol. The molecular weight excluding hydrogens is 358 g/mol. The number of benzene rings is 1. The number of hydrogen-bond donors (Lipinski definition) is 0. The van der Waals surface area contributed by atoms with Gasteiger partial charge in [-0.2, -0.15) is 0 Å². The maximum absolute atomic E-state index is 3.51. The van der Waals surface area contributed by atoms with E-state index >= 15 is 0 Å². The van der Waals surface area contributed by atoms with Crippen LogP contribution >= 0.6 is 15.9 Å². The molecule has 0 atom stereocenters. The highest BCUT2D eigenvalue weighted by molar-refractivity contribution is 9.08. The van der Waals surface area contributed by atoms with E-state index in [2.05, 4.69) is 61.2 Å². The molecule has 138 valence electrons. The van der Waals surface area contributed by atoms with E-state index in [4.69, 9.17) is 0 Å². The van der Waals surface area contributed by atoms with Gasteiger partial charge in [-0.25, -0.2) is 0 Å². The predicted molar refractivity (Wildman–Crippen MR) is 112 cm³/mol. The molecule has 0 unspecified atom stereocenters. The number of rotatable bonds is 14. The summed E-state index contributed by atoms with van der Waals surface area (Å²) in [5.74, 6) is 0. The van der Waals surface area contributed by atoms with Gasteiger partial charge in [0.05, 0.1) is 20.6 Å². The van der Waals surface area contributed by atoms with Gasteiger partial charge in [-0.1, -0.05) is 98.5 Å². The van der Waals surface area contributed by atoms with Crippen LogP contribution in [0.4, 0.5) is 0 Å². The van der Waals surface area contributed by atoms with Crippen LogP contribution in [0.15, 0.2) is 24.3 Å². The highest BCUT2D eigenvalue weighted by Crippen LogP contribution is 2.15. The molecule has 1 rings (SSSR count). The van der Waals surface area contributed by atoms with Crippen LogP contribution in [0.5, 0.6) is 0 Å². The second-order valence-electron chi connectivity index (χ2n) is 7.95. The van der Waals surface area contributed by atoms with Crippen molar-refractivity contribution in [2.24, 2.45) is 0 Å². The van der Waals surface area contributed by atoms with Crippen molar-refractivity contribution in [2.45, 2.75) is 83.0 Å². The summed E-state index contributed by atoms with van der Waals surface area (Å²) in [6.45, 7) is 4.72. The molecule has 0 aliphatic carbocycles. The Morgan fingerprint density at radius 3 is 1.67 bits per heavy atom. The molecule has 0 amide bonds. The van der Waals surface area contributed by atoms with Crippen LogP contribution < -0.4 is 0 Å². The van der Waals surface area contributed by atoms with Crippen LogP contribution in [0, 0.1) is 0 Å². The standard InChI is InChI=1S/C22H39BrN/c1-4-5-6-7-8-9-10-11-12-13-18-24(2,3)20-22-16-14-21(19-23)15-17-22/h14-17H,4-13,18-20H2,1-3H3/q+1. The van der Waals surface area contributed by atoms with Gasteiger partial charge in [0.1, 0.15) is 6.54 Å². The summed E-state index contributed by atoms with van der Waals surface area (Å²) in [4.78, 5) is 0. The molecule has 0 radical (unpaired) electrons. The molecule has 0 aliphatic rings. The van der Waals surface area contributed by atoms with Gasteiger partial charge in [-0.05, 0) is 18.4 Å². The lowest BCUT2D eigenvalue weighted by atomic mass is 10.1. The lowest BCUT2D eigenvalue weighted by Gasteiger charge is -2.30. The first kappa shape index (κ1) is 21.7. The van der Waals surface area contributed by atoms with E-state index in [9.17, 15) is 0 Å². The fraction of sp³-hybridized carbons (Fsp3) is 0.727. The van der Waals surface area contributed by atoms with Crippen molar-refractivity contribution in [3.63, 3.8) is 0 Å². The number of halogens is 1. The molecule has 1 aromatic carbocycles. The molecule has 0 bridgehead atoms. The third-order valence-electron chi connectivity index (χ3n) is 4.90.